The highest BCUT2D eigenvalue weighted by molar-refractivity contribution is 9.10. The fourth-order valence-electron chi connectivity index (χ4n) is 2.25. The molecule has 0 aromatic heterocycles. The molecule has 0 unspecified atom stereocenters. The molecule has 0 N–H and O–H groups in total. The smallest absolute Gasteiger partial charge is 0.200 e. The fraction of sp³-hybridized carbons (Fsp3) is 0.167. The van der Waals surface area contributed by atoms with Gasteiger partial charge in [0.1, 0.15) is 5.75 Å². The highest BCUT2D eigenvalue weighted by Crippen LogP contribution is 2.41. The monoisotopic (exact) mass is 374 g/mol. The predicted molar refractivity (Wildman–Crippen MR) is 94.5 cm³/mol. The lowest BCUT2D eigenvalue weighted by atomic mass is 10.1. The Bertz CT molecular complexity index is 753. The lowest BCUT2D eigenvalue weighted by Crippen LogP contribution is -1.98. The Morgan fingerprint density at radius 3 is 2.82 bits per heavy atom. The summed E-state index contributed by atoms with van der Waals surface area (Å²) in [4.78, 5) is 14.2. The number of benzene rings is 2. The third kappa shape index (κ3) is 3.13. The number of allylic oxidation sites excluding steroid dienone is 1. The van der Waals surface area contributed by atoms with Gasteiger partial charge in [0.15, 0.2) is 0 Å². The van der Waals surface area contributed by atoms with Crippen molar-refractivity contribution in [3.05, 3.63) is 63.0 Å². The first-order valence-electron chi connectivity index (χ1n) is 7.14. The van der Waals surface area contributed by atoms with Crippen molar-refractivity contribution in [1.29, 1.82) is 0 Å². The zero-order valence-corrected chi connectivity index (χ0v) is 14.5. The van der Waals surface area contributed by atoms with Gasteiger partial charge in [0.25, 0.3) is 0 Å². The average Bonchev–Trinajstić information content (AvgIpc) is 2.83. The van der Waals surface area contributed by atoms with E-state index in [1.807, 2.05) is 48.5 Å². The van der Waals surface area contributed by atoms with Crippen LogP contribution in [0, 0.1) is 0 Å². The van der Waals surface area contributed by atoms with Gasteiger partial charge in [0.2, 0.25) is 5.78 Å². The van der Waals surface area contributed by atoms with Crippen molar-refractivity contribution in [1.82, 2.24) is 0 Å². The van der Waals surface area contributed by atoms with Gasteiger partial charge in [-0.05, 0) is 42.8 Å². The van der Waals surface area contributed by atoms with Gasteiger partial charge in [0, 0.05) is 20.5 Å². The van der Waals surface area contributed by atoms with Crippen LogP contribution in [0.25, 0.3) is 6.08 Å². The molecule has 4 heteroatoms. The number of hydrogen-bond donors (Lipinski definition) is 0. The number of halogens is 1. The van der Waals surface area contributed by atoms with Crippen LogP contribution in [0.1, 0.15) is 29.3 Å². The second kappa shape index (κ2) is 6.71. The number of hydrogen-bond acceptors (Lipinski definition) is 3. The van der Waals surface area contributed by atoms with Gasteiger partial charge in [-0.25, -0.2) is 0 Å². The SMILES string of the molecule is CCCOc1ccc(Br)cc1/C=C1\Sc2ccccc2C1=O. The van der Waals surface area contributed by atoms with E-state index in [1.165, 1.54) is 11.8 Å². The standard InChI is InChI=1S/C18H15BrO2S/c1-2-9-21-15-8-7-13(19)10-12(15)11-17-18(20)14-5-3-4-6-16(14)22-17/h3-8,10-11H,2,9H2,1H3/b17-11-. The van der Waals surface area contributed by atoms with Crippen molar-refractivity contribution in [3.63, 3.8) is 0 Å². The summed E-state index contributed by atoms with van der Waals surface area (Å²) in [6.45, 7) is 2.74. The molecule has 0 atom stereocenters. The van der Waals surface area contributed by atoms with Crippen molar-refractivity contribution in [3.8, 4) is 5.75 Å². The second-order valence-corrected chi connectivity index (χ2v) is 6.97. The van der Waals surface area contributed by atoms with Crippen LogP contribution in [0.4, 0.5) is 0 Å². The second-order valence-electron chi connectivity index (χ2n) is 4.97. The van der Waals surface area contributed by atoms with E-state index in [0.29, 0.717) is 6.61 Å². The maximum absolute atomic E-state index is 12.5. The van der Waals surface area contributed by atoms with Crippen molar-refractivity contribution < 1.29 is 9.53 Å². The van der Waals surface area contributed by atoms with Crippen LogP contribution in [0.15, 0.2) is 56.7 Å². The van der Waals surface area contributed by atoms with E-state index in [4.69, 9.17) is 4.74 Å². The first-order valence-corrected chi connectivity index (χ1v) is 8.75. The molecule has 0 saturated carbocycles. The Balaban J connectivity index is 1.96. The van der Waals surface area contributed by atoms with Gasteiger partial charge in [0.05, 0.1) is 11.5 Å². The molecule has 0 saturated heterocycles. The van der Waals surface area contributed by atoms with E-state index in [2.05, 4.69) is 22.9 Å². The van der Waals surface area contributed by atoms with E-state index in [1.54, 1.807) is 0 Å². The van der Waals surface area contributed by atoms with Crippen molar-refractivity contribution >= 4 is 39.6 Å². The molecule has 1 heterocycles. The van der Waals surface area contributed by atoms with Gasteiger partial charge in [-0.15, -0.1) is 0 Å². The summed E-state index contributed by atoms with van der Waals surface area (Å²) in [6.07, 6.45) is 2.87. The summed E-state index contributed by atoms with van der Waals surface area (Å²) in [5.41, 5.74) is 1.70. The quantitative estimate of drug-likeness (QED) is 0.654. The zero-order chi connectivity index (χ0) is 15.5. The van der Waals surface area contributed by atoms with Crippen LogP contribution in [0.2, 0.25) is 0 Å². The van der Waals surface area contributed by atoms with Crippen molar-refractivity contribution in [2.45, 2.75) is 18.2 Å². The van der Waals surface area contributed by atoms with Crippen LogP contribution >= 0.6 is 27.7 Å². The minimum Gasteiger partial charge on any atom is -0.493 e. The fourth-order valence-corrected chi connectivity index (χ4v) is 3.67. The molecule has 0 aliphatic carbocycles. The van der Waals surface area contributed by atoms with Gasteiger partial charge >= 0.3 is 0 Å². The third-order valence-electron chi connectivity index (χ3n) is 3.30. The Labute approximate surface area is 142 Å². The average molecular weight is 375 g/mol. The topological polar surface area (TPSA) is 26.3 Å². The summed E-state index contributed by atoms with van der Waals surface area (Å²) in [5.74, 6) is 0.893. The first kappa shape index (κ1) is 15.4. The van der Waals surface area contributed by atoms with E-state index in [9.17, 15) is 4.79 Å². The zero-order valence-electron chi connectivity index (χ0n) is 12.1. The molecule has 0 spiro atoms. The summed E-state index contributed by atoms with van der Waals surface area (Å²) < 4.78 is 6.75. The molecule has 0 radical (unpaired) electrons. The maximum atomic E-state index is 12.5. The Hall–Kier alpha value is -1.52. The largest absolute Gasteiger partial charge is 0.493 e. The highest BCUT2D eigenvalue weighted by Gasteiger charge is 2.25. The van der Waals surface area contributed by atoms with Gasteiger partial charge in [-0.2, -0.15) is 0 Å². The summed E-state index contributed by atoms with van der Waals surface area (Å²) in [6, 6.07) is 13.6. The molecule has 2 aromatic carbocycles. The highest BCUT2D eigenvalue weighted by atomic mass is 79.9. The van der Waals surface area contributed by atoms with Crippen LogP contribution in [0.3, 0.4) is 0 Å². The molecular formula is C18H15BrO2S. The van der Waals surface area contributed by atoms with Crippen LogP contribution in [-0.2, 0) is 0 Å². The van der Waals surface area contributed by atoms with E-state index < -0.39 is 0 Å². The van der Waals surface area contributed by atoms with Crippen molar-refractivity contribution in [2.75, 3.05) is 6.61 Å². The molecule has 112 valence electrons. The van der Waals surface area contributed by atoms with Crippen LogP contribution in [-0.4, -0.2) is 12.4 Å². The molecule has 2 aromatic rings. The van der Waals surface area contributed by atoms with Crippen LogP contribution < -0.4 is 4.74 Å². The molecular weight excluding hydrogens is 360 g/mol. The number of carbonyl (C=O) groups excluding carboxylic acids is 1. The van der Waals surface area contributed by atoms with Crippen LogP contribution in [0.5, 0.6) is 5.75 Å². The van der Waals surface area contributed by atoms with E-state index in [0.717, 1.165) is 37.6 Å². The Morgan fingerprint density at radius 2 is 2.05 bits per heavy atom. The molecule has 2 nitrogen and oxygen atoms in total. The number of carbonyl (C=O) groups is 1. The predicted octanol–water partition coefficient (Wildman–Crippen LogP) is 5.57. The minimum atomic E-state index is 0.0852. The van der Waals surface area contributed by atoms with E-state index in [-0.39, 0.29) is 5.78 Å². The van der Waals surface area contributed by atoms with Gasteiger partial charge in [-0.3, -0.25) is 4.79 Å². The molecule has 1 aliphatic heterocycles. The third-order valence-corrected chi connectivity index (χ3v) is 4.89. The van der Waals surface area contributed by atoms with Gasteiger partial charge in [-0.1, -0.05) is 46.7 Å². The Kier molecular flexibility index (Phi) is 4.69. The number of ketones is 1. The number of Topliss-reactive ketones (excluding diaryl/α,β-unsaturated/α-hetero) is 1. The maximum Gasteiger partial charge on any atom is 0.200 e. The number of fused-ring (bicyclic) bond motifs is 1. The first-order chi connectivity index (χ1) is 10.7. The normalized spacial score (nSPS) is 15.2. The lowest BCUT2D eigenvalue weighted by molar-refractivity contribution is 0.104. The summed E-state index contributed by atoms with van der Waals surface area (Å²) in [7, 11) is 0. The van der Waals surface area contributed by atoms with E-state index >= 15 is 0 Å². The molecule has 22 heavy (non-hydrogen) atoms. The lowest BCUT2D eigenvalue weighted by Gasteiger charge is -2.09. The number of ether oxygens (including phenoxy) is 1. The number of rotatable bonds is 4. The summed E-state index contributed by atoms with van der Waals surface area (Å²) >= 11 is 5.00. The molecule has 3 rings (SSSR count). The van der Waals surface area contributed by atoms with Gasteiger partial charge < -0.3 is 4.74 Å². The molecule has 0 amide bonds. The minimum absolute atomic E-state index is 0.0852. The molecule has 1 aliphatic rings. The van der Waals surface area contributed by atoms with Crippen molar-refractivity contribution in [2.24, 2.45) is 0 Å². The molecule has 0 fully saturated rings. The number of thioether (sulfide) groups is 1. The molecule has 0 bridgehead atoms. The Morgan fingerprint density at radius 1 is 1.23 bits per heavy atom. The summed E-state index contributed by atoms with van der Waals surface area (Å²) in [5, 5.41) is 0.